The van der Waals surface area contributed by atoms with E-state index in [0.29, 0.717) is 16.5 Å². The minimum absolute atomic E-state index is 0.154. The quantitative estimate of drug-likeness (QED) is 0.724. The summed E-state index contributed by atoms with van der Waals surface area (Å²) in [5.41, 5.74) is 1.40. The smallest absolute Gasteiger partial charge is 0.207 e. The summed E-state index contributed by atoms with van der Waals surface area (Å²) in [6, 6.07) is 13.2. The number of hydrogen-bond acceptors (Lipinski definition) is 3. The summed E-state index contributed by atoms with van der Waals surface area (Å²) < 4.78 is 15.1. The van der Waals surface area contributed by atoms with Gasteiger partial charge >= 0.3 is 0 Å². The van der Waals surface area contributed by atoms with Gasteiger partial charge in [-0.2, -0.15) is 10.4 Å². The van der Waals surface area contributed by atoms with Gasteiger partial charge in [-0.25, -0.2) is 4.39 Å². The lowest BCUT2D eigenvalue weighted by Gasteiger charge is -2.09. The van der Waals surface area contributed by atoms with Crippen molar-refractivity contribution in [3.63, 3.8) is 0 Å². The predicted octanol–water partition coefficient (Wildman–Crippen LogP) is 2.46. The Morgan fingerprint density at radius 1 is 1.24 bits per heavy atom. The van der Waals surface area contributed by atoms with Crippen LogP contribution >= 0.6 is 0 Å². The van der Waals surface area contributed by atoms with Crippen LogP contribution < -0.4 is 5.43 Å². The largest absolute Gasteiger partial charge is 0.287 e. The molecule has 0 amide bonds. The maximum atomic E-state index is 13.5. The Bertz CT molecular complexity index is 925. The molecule has 1 aromatic heterocycles. The molecule has 4 nitrogen and oxygen atoms in total. The average molecular weight is 279 g/mol. The Morgan fingerprint density at radius 3 is 2.86 bits per heavy atom. The first-order valence-electron chi connectivity index (χ1n) is 6.32. The predicted molar refractivity (Wildman–Crippen MR) is 76.2 cm³/mol. The van der Waals surface area contributed by atoms with E-state index in [4.69, 9.17) is 5.26 Å². The van der Waals surface area contributed by atoms with Crippen molar-refractivity contribution in [3.8, 4) is 6.07 Å². The highest BCUT2D eigenvalue weighted by Gasteiger charge is 2.06. The number of nitriles is 1. The third-order valence-corrected chi connectivity index (χ3v) is 3.18. The van der Waals surface area contributed by atoms with Crippen molar-refractivity contribution in [3.05, 3.63) is 75.8 Å². The van der Waals surface area contributed by atoms with Crippen molar-refractivity contribution in [2.45, 2.75) is 6.54 Å². The van der Waals surface area contributed by atoms with Crippen LogP contribution in [0.25, 0.3) is 10.9 Å². The fraction of sp³-hybridized carbons (Fsp3) is 0.0625. The molecule has 0 aliphatic rings. The summed E-state index contributed by atoms with van der Waals surface area (Å²) in [6.45, 7) is 0.285. The van der Waals surface area contributed by atoms with E-state index in [9.17, 15) is 9.18 Å². The summed E-state index contributed by atoms with van der Waals surface area (Å²) >= 11 is 0. The maximum Gasteiger partial charge on any atom is 0.207 e. The minimum atomic E-state index is -0.464. The van der Waals surface area contributed by atoms with Gasteiger partial charge in [-0.15, -0.1) is 0 Å². The van der Waals surface area contributed by atoms with Crippen LogP contribution in [0, 0.1) is 17.1 Å². The molecule has 0 saturated carbocycles. The molecule has 0 aliphatic heterocycles. The molecule has 2 aromatic carbocycles. The lowest BCUT2D eigenvalue weighted by atomic mass is 10.1. The Hall–Kier alpha value is -3.00. The monoisotopic (exact) mass is 279 g/mol. The first-order valence-corrected chi connectivity index (χ1v) is 6.32. The lowest BCUT2D eigenvalue weighted by Crippen LogP contribution is -2.13. The van der Waals surface area contributed by atoms with Crippen LogP contribution in [0.2, 0.25) is 0 Å². The second kappa shape index (κ2) is 5.17. The summed E-state index contributed by atoms with van der Waals surface area (Å²) in [7, 11) is 0. The minimum Gasteiger partial charge on any atom is -0.287 e. The molecule has 1 heterocycles. The zero-order valence-electron chi connectivity index (χ0n) is 11.0. The number of nitrogens with zero attached hydrogens (tertiary/aromatic N) is 3. The SMILES string of the molecule is N#Cc1cc(F)cc(Cn2ncc(=O)c3ccccc32)c1. The van der Waals surface area contributed by atoms with Crippen LogP contribution in [0.15, 0.2) is 53.5 Å². The number of rotatable bonds is 2. The van der Waals surface area contributed by atoms with Crippen molar-refractivity contribution in [2.75, 3.05) is 0 Å². The molecule has 21 heavy (non-hydrogen) atoms. The molecule has 3 rings (SSSR count). The van der Waals surface area contributed by atoms with Crippen LogP contribution in [0.5, 0.6) is 0 Å². The van der Waals surface area contributed by atoms with Gasteiger partial charge in [-0.3, -0.25) is 9.48 Å². The summed E-state index contributed by atoms with van der Waals surface area (Å²) in [5.74, 6) is -0.464. The van der Waals surface area contributed by atoms with Crippen LogP contribution in [-0.4, -0.2) is 9.78 Å². The zero-order chi connectivity index (χ0) is 14.8. The Balaban J connectivity index is 2.11. The van der Waals surface area contributed by atoms with Gasteiger partial charge in [0.05, 0.1) is 29.9 Å². The van der Waals surface area contributed by atoms with E-state index < -0.39 is 5.82 Å². The average Bonchev–Trinajstić information content (AvgIpc) is 2.50. The summed E-state index contributed by atoms with van der Waals surface area (Å²) in [4.78, 5) is 11.8. The molecule has 3 aromatic rings. The lowest BCUT2D eigenvalue weighted by molar-refractivity contribution is 0.619. The van der Waals surface area contributed by atoms with Crippen molar-refractivity contribution >= 4 is 10.9 Å². The molecule has 0 radical (unpaired) electrons. The molecular weight excluding hydrogens is 269 g/mol. The second-order valence-corrected chi connectivity index (χ2v) is 4.64. The normalized spacial score (nSPS) is 10.5. The van der Waals surface area contributed by atoms with Gasteiger partial charge in [0.2, 0.25) is 5.43 Å². The van der Waals surface area contributed by atoms with Crippen molar-refractivity contribution in [1.82, 2.24) is 9.78 Å². The third-order valence-electron chi connectivity index (χ3n) is 3.18. The van der Waals surface area contributed by atoms with Crippen LogP contribution in [0.3, 0.4) is 0 Å². The highest BCUT2D eigenvalue weighted by molar-refractivity contribution is 5.77. The van der Waals surface area contributed by atoms with E-state index in [-0.39, 0.29) is 17.5 Å². The van der Waals surface area contributed by atoms with E-state index in [1.54, 1.807) is 28.9 Å². The van der Waals surface area contributed by atoms with Gasteiger partial charge < -0.3 is 0 Å². The van der Waals surface area contributed by atoms with Crippen molar-refractivity contribution in [2.24, 2.45) is 0 Å². The topological polar surface area (TPSA) is 58.7 Å². The molecule has 5 heteroatoms. The molecule has 0 unspecified atom stereocenters. The van der Waals surface area contributed by atoms with Crippen molar-refractivity contribution < 1.29 is 4.39 Å². The van der Waals surface area contributed by atoms with Crippen LogP contribution in [-0.2, 0) is 6.54 Å². The first-order chi connectivity index (χ1) is 10.2. The number of halogens is 1. The second-order valence-electron chi connectivity index (χ2n) is 4.64. The van der Waals surface area contributed by atoms with Crippen LogP contribution in [0.1, 0.15) is 11.1 Å². The van der Waals surface area contributed by atoms with Gasteiger partial charge in [0, 0.05) is 5.39 Å². The van der Waals surface area contributed by atoms with Gasteiger partial charge in [0.1, 0.15) is 5.82 Å². The molecule has 0 N–H and O–H groups in total. The molecule has 0 spiro atoms. The summed E-state index contributed by atoms with van der Waals surface area (Å²) in [6.07, 6.45) is 1.24. The van der Waals surface area contributed by atoms with Gasteiger partial charge in [0.25, 0.3) is 0 Å². The highest BCUT2D eigenvalue weighted by Crippen LogP contribution is 2.13. The van der Waals surface area contributed by atoms with Gasteiger partial charge in [-0.05, 0) is 35.9 Å². The van der Waals surface area contributed by atoms with E-state index in [1.807, 2.05) is 12.1 Å². The molecular formula is C16H10FN3O. The molecule has 0 aliphatic carbocycles. The molecule has 0 fully saturated rings. The third kappa shape index (κ3) is 2.51. The number of para-hydroxylation sites is 1. The van der Waals surface area contributed by atoms with Gasteiger partial charge in [0.15, 0.2) is 0 Å². The number of hydrogen-bond donors (Lipinski definition) is 0. The van der Waals surface area contributed by atoms with E-state index in [2.05, 4.69) is 5.10 Å². The Labute approximate surface area is 119 Å². The first kappa shape index (κ1) is 13.0. The van der Waals surface area contributed by atoms with E-state index in [1.165, 1.54) is 18.3 Å². The van der Waals surface area contributed by atoms with E-state index in [0.717, 1.165) is 0 Å². The van der Waals surface area contributed by atoms with Gasteiger partial charge in [-0.1, -0.05) is 12.1 Å². The number of fused-ring (bicyclic) bond motifs is 1. The zero-order valence-corrected chi connectivity index (χ0v) is 11.0. The Morgan fingerprint density at radius 2 is 2.05 bits per heavy atom. The van der Waals surface area contributed by atoms with Crippen molar-refractivity contribution in [1.29, 1.82) is 5.26 Å². The maximum absolute atomic E-state index is 13.5. The molecule has 0 saturated heterocycles. The molecule has 0 bridgehead atoms. The molecule has 0 atom stereocenters. The molecule has 102 valence electrons. The standard InChI is InChI=1S/C16H10FN3O/c17-13-6-11(8-18)5-12(7-13)10-20-15-4-2-1-3-14(15)16(21)9-19-20/h1-7,9H,10H2. The fourth-order valence-corrected chi connectivity index (χ4v) is 2.27. The Kier molecular flexibility index (Phi) is 3.20. The summed E-state index contributed by atoms with van der Waals surface area (Å²) in [5, 5.41) is 13.5. The van der Waals surface area contributed by atoms with E-state index >= 15 is 0 Å². The number of benzene rings is 2. The fourth-order valence-electron chi connectivity index (χ4n) is 2.27. The van der Waals surface area contributed by atoms with Crippen LogP contribution in [0.4, 0.5) is 4.39 Å². The number of aromatic nitrogens is 2. The highest BCUT2D eigenvalue weighted by atomic mass is 19.1.